The Balaban J connectivity index is 3.74. The molecule has 0 saturated carbocycles. The van der Waals surface area contributed by atoms with Crippen molar-refractivity contribution in [2.45, 2.75) is 12.2 Å². The Labute approximate surface area is 61.3 Å². The topological polar surface area (TPSA) is 56.8 Å². The Morgan fingerprint density at radius 2 is 1.73 bits per heavy atom. The van der Waals surface area contributed by atoms with E-state index in [9.17, 15) is 13.2 Å². The van der Waals surface area contributed by atoms with E-state index in [0.717, 1.165) is 0 Å². The highest BCUT2D eigenvalue weighted by atomic mass is 19.4. The highest BCUT2D eigenvalue weighted by molar-refractivity contribution is 6.30. The predicted octanol–water partition coefficient (Wildman–Crippen LogP) is 0.558. The highest BCUT2D eigenvalue weighted by Gasteiger charge is 2.32. The fourth-order valence-corrected chi connectivity index (χ4v) is 0.235. The predicted molar refractivity (Wildman–Crippen MR) is 27.9 cm³/mol. The molecule has 0 atom stereocenters. The van der Waals surface area contributed by atoms with Crippen LogP contribution >= 0.6 is 0 Å². The molecule has 11 heavy (non-hydrogen) atoms. The van der Waals surface area contributed by atoms with Gasteiger partial charge in [0.05, 0.1) is 0 Å². The largest absolute Gasteiger partial charge is 0.430 e. The monoisotopic (exact) mass is 161 g/mol. The smallest absolute Gasteiger partial charge is 0.405 e. The number of hydrogen-bond donors (Lipinski definition) is 0. The van der Waals surface area contributed by atoms with Crippen LogP contribution in [0.15, 0.2) is 0 Å². The van der Waals surface area contributed by atoms with Crippen molar-refractivity contribution in [3.05, 3.63) is 0 Å². The summed E-state index contributed by atoms with van der Waals surface area (Å²) in [5.41, 5.74) is 0. The first kappa shape index (κ1) is 9.79. The normalized spacial score (nSPS) is 10.4. The molecule has 0 spiro atoms. The van der Waals surface area contributed by atoms with Crippen LogP contribution in [0.25, 0.3) is 0 Å². The van der Waals surface area contributed by atoms with E-state index in [1.807, 2.05) is 0 Å². The van der Waals surface area contributed by atoms with Gasteiger partial charge in [0.1, 0.15) is 12.1 Å². The third-order valence-corrected chi connectivity index (χ3v) is 0.572. The third kappa shape index (κ3) is 5.25. The second-order valence-electron chi connectivity index (χ2n) is 1.43. The van der Waals surface area contributed by atoms with Crippen molar-refractivity contribution >= 4 is 7.48 Å². The van der Waals surface area contributed by atoms with Crippen LogP contribution in [0.3, 0.4) is 0 Å². The van der Waals surface area contributed by atoms with E-state index >= 15 is 0 Å². The number of hydrogen-bond acceptors (Lipinski definition) is 3. The Morgan fingerprint density at radius 3 is 2.00 bits per heavy atom. The van der Waals surface area contributed by atoms with Crippen LogP contribution in [-0.4, -0.2) is 19.7 Å². The Kier molecular flexibility index (Phi) is 3.42. The lowest BCUT2D eigenvalue weighted by Crippen LogP contribution is -2.25. The zero-order valence-corrected chi connectivity index (χ0v) is 5.09. The molecule has 0 N–H and O–H groups in total. The van der Waals surface area contributed by atoms with Gasteiger partial charge in [-0.2, -0.15) is 23.7 Å². The van der Waals surface area contributed by atoms with Crippen LogP contribution in [0.5, 0.6) is 0 Å². The van der Waals surface area contributed by atoms with Crippen LogP contribution < -0.4 is 0 Å². The van der Waals surface area contributed by atoms with Crippen molar-refractivity contribution in [3.8, 4) is 12.1 Å². The number of nitrogens with zero attached hydrogens (tertiary/aromatic N) is 2. The van der Waals surface area contributed by atoms with E-state index in [4.69, 9.17) is 10.5 Å². The maximum atomic E-state index is 11.3. The van der Waals surface area contributed by atoms with Gasteiger partial charge < -0.3 is 4.65 Å². The van der Waals surface area contributed by atoms with Gasteiger partial charge in [-0.25, -0.2) is 0 Å². The first-order chi connectivity index (χ1) is 4.99. The molecular weight excluding hydrogens is 160 g/mol. The molecule has 7 heteroatoms. The lowest BCUT2D eigenvalue weighted by molar-refractivity contribution is -0.0601. The Bertz CT molecular complexity index is 189. The average Bonchev–Trinajstić information content (AvgIpc) is 1.88. The molecule has 57 valence electrons. The van der Waals surface area contributed by atoms with E-state index in [2.05, 4.69) is 4.65 Å². The summed E-state index contributed by atoms with van der Waals surface area (Å²) in [6.45, 7) is 0. The van der Waals surface area contributed by atoms with Gasteiger partial charge in [0.15, 0.2) is 0 Å². The maximum Gasteiger partial charge on any atom is 0.430 e. The molecule has 0 aromatic carbocycles. The van der Waals surface area contributed by atoms with Gasteiger partial charge >= 0.3 is 13.6 Å². The number of alkyl halides is 3. The molecule has 0 aliphatic heterocycles. The molecule has 3 nitrogen and oxygen atoms in total. The van der Waals surface area contributed by atoms with Crippen LogP contribution in [0.1, 0.15) is 0 Å². The molecule has 1 radical (unpaired) electrons. The summed E-state index contributed by atoms with van der Waals surface area (Å²) in [5, 5.41) is 15.9. The molecule has 0 amide bonds. The summed E-state index contributed by atoms with van der Waals surface area (Å²) >= 11 is 0. The van der Waals surface area contributed by atoms with Gasteiger partial charge in [-0.15, -0.1) is 0 Å². The van der Waals surface area contributed by atoms with Crippen molar-refractivity contribution in [1.82, 2.24) is 0 Å². The molecule has 0 aromatic rings. The van der Waals surface area contributed by atoms with Crippen LogP contribution in [0, 0.1) is 22.7 Å². The van der Waals surface area contributed by atoms with Crippen molar-refractivity contribution in [3.63, 3.8) is 0 Å². The van der Waals surface area contributed by atoms with Gasteiger partial charge in [-0.1, -0.05) is 0 Å². The summed E-state index contributed by atoms with van der Waals surface area (Å²) in [6.07, 6.45) is -6.32. The molecule has 0 rings (SSSR count). The van der Waals surface area contributed by atoms with Gasteiger partial charge in [-0.05, 0) is 0 Å². The van der Waals surface area contributed by atoms with E-state index in [0.29, 0.717) is 0 Å². The fraction of sp³-hybridized carbons (Fsp3) is 0.500. The molecule has 0 fully saturated rings. The number of rotatable bonds is 2. The highest BCUT2D eigenvalue weighted by Crippen LogP contribution is 2.12. The van der Waals surface area contributed by atoms with Crippen molar-refractivity contribution in [1.29, 1.82) is 10.5 Å². The molecule has 0 heterocycles. The number of halogens is 3. The third-order valence-electron chi connectivity index (χ3n) is 0.572. The van der Waals surface area contributed by atoms with Gasteiger partial charge in [-0.3, -0.25) is 0 Å². The minimum Gasteiger partial charge on any atom is -0.405 e. The lowest BCUT2D eigenvalue weighted by atomic mass is 10.0. The fourth-order valence-electron chi connectivity index (χ4n) is 0.235. The maximum absolute atomic E-state index is 11.3. The number of nitriles is 2. The van der Waals surface area contributed by atoms with E-state index in [1.165, 1.54) is 12.1 Å². The second-order valence-corrected chi connectivity index (χ2v) is 1.43. The SMILES string of the molecule is N#CC(C#N)O[B]C(F)(F)F. The van der Waals surface area contributed by atoms with Crippen LogP contribution in [0.2, 0.25) is 0 Å². The van der Waals surface area contributed by atoms with Crippen molar-refractivity contribution in [2.24, 2.45) is 0 Å². The van der Waals surface area contributed by atoms with Crippen LogP contribution in [-0.2, 0) is 4.65 Å². The molecule has 0 aromatic heterocycles. The van der Waals surface area contributed by atoms with E-state index in [-0.39, 0.29) is 0 Å². The first-order valence-corrected chi connectivity index (χ1v) is 2.35. The summed E-state index contributed by atoms with van der Waals surface area (Å²) in [7, 11) is -0.496. The van der Waals surface area contributed by atoms with Crippen LogP contribution in [0.4, 0.5) is 13.2 Å². The van der Waals surface area contributed by atoms with Gasteiger partial charge in [0, 0.05) is 0 Å². The quantitative estimate of drug-likeness (QED) is 0.555. The lowest BCUT2D eigenvalue weighted by Gasteiger charge is -2.04. The molecular formula is C4HBF3N2O. The minimum atomic E-state index is -4.62. The molecule has 0 bridgehead atoms. The second kappa shape index (κ2) is 3.84. The first-order valence-electron chi connectivity index (χ1n) is 2.35. The Hall–Kier alpha value is -1.21. The summed E-state index contributed by atoms with van der Waals surface area (Å²) in [4.78, 5) is 0. The standard InChI is InChI=1S/C4HBF3N2O/c6-4(7,8)5-11-3(1-9)2-10/h3H. The molecule has 0 aliphatic carbocycles. The van der Waals surface area contributed by atoms with E-state index < -0.39 is 19.7 Å². The molecule has 0 saturated heterocycles. The zero-order valence-electron chi connectivity index (χ0n) is 5.09. The summed E-state index contributed by atoms with van der Waals surface area (Å²) in [5.74, 6) is 0. The minimum absolute atomic E-state index is 0.496. The summed E-state index contributed by atoms with van der Waals surface area (Å²) in [6, 6.07) is 2.42. The zero-order chi connectivity index (χ0) is 8.91. The van der Waals surface area contributed by atoms with Gasteiger partial charge in [0.2, 0.25) is 6.10 Å². The molecule has 0 aliphatic rings. The summed E-state index contributed by atoms with van der Waals surface area (Å²) < 4.78 is 37.6. The van der Waals surface area contributed by atoms with E-state index in [1.54, 1.807) is 0 Å². The van der Waals surface area contributed by atoms with Crippen molar-refractivity contribution < 1.29 is 17.8 Å². The molecule has 0 unspecified atom stereocenters. The Morgan fingerprint density at radius 1 is 1.27 bits per heavy atom. The van der Waals surface area contributed by atoms with Gasteiger partial charge in [0.25, 0.3) is 0 Å². The average molecular weight is 161 g/mol. The van der Waals surface area contributed by atoms with Crippen molar-refractivity contribution in [2.75, 3.05) is 0 Å².